The van der Waals surface area contributed by atoms with Crippen LogP contribution >= 0.6 is 0 Å². The Kier molecular flexibility index (Phi) is 13.3. The van der Waals surface area contributed by atoms with Crippen molar-refractivity contribution in [1.82, 2.24) is 0 Å². The summed E-state index contributed by atoms with van der Waals surface area (Å²) in [4.78, 5) is 0. The lowest BCUT2D eigenvalue weighted by molar-refractivity contribution is 0.573. The highest BCUT2D eigenvalue weighted by Gasteiger charge is 1.91. The van der Waals surface area contributed by atoms with Gasteiger partial charge in [0.2, 0.25) is 0 Å². The lowest BCUT2D eigenvalue weighted by Gasteiger charge is -1.99. The summed E-state index contributed by atoms with van der Waals surface area (Å²) in [6.45, 7) is 3.84. The largest absolute Gasteiger partial charge is 0.107 e. The van der Waals surface area contributed by atoms with Crippen LogP contribution in [0.5, 0.6) is 0 Å². The first-order valence-electron chi connectivity index (χ1n) is 6.71. The highest BCUT2D eigenvalue weighted by molar-refractivity contribution is 4.94. The van der Waals surface area contributed by atoms with Crippen LogP contribution in [0.1, 0.15) is 78.1 Å². The van der Waals surface area contributed by atoms with Gasteiger partial charge < -0.3 is 0 Å². The van der Waals surface area contributed by atoms with Gasteiger partial charge in [-0.2, -0.15) is 0 Å². The first-order chi connectivity index (χ1) is 7.91. The van der Waals surface area contributed by atoms with Crippen molar-refractivity contribution in [1.29, 1.82) is 0 Å². The van der Waals surface area contributed by atoms with Gasteiger partial charge in [-0.1, -0.05) is 38.5 Å². The molecule has 0 saturated carbocycles. The molecule has 0 spiro atoms. The summed E-state index contributed by atoms with van der Waals surface area (Å²) in [6.07, 6.45) is 13.0. The quantitative estimate of drug-likeness (QED) is 0.380. The van der Waals surface area contributed by atoms with Crippen molar-refractivity contribution >= 4 is 0 Å². The zero-order valence-electron chi connectivity index (χ0n) is 11.1. The van der Waals surface area contributed by atoms with Gasteiger partial charge >= 0.3 is 0 Å². The van der Waals surface area contributed by atoms with E-state index in [0.29, 0.717) is 0 Å². The van der Waals surface area contributed by atoms with Gasteiger partial charge in [-0.05, 0) is 26.7 Å². The molecule has 0 rings (SSSR count). The van der Waals surface area contributed by atoms with Crippen LogP contribution in [-0.4, -0.2) is 0 Å². The van der Waals surface area contributed by atoms with Crippen LogP contribution in [0, 0.1) is 23.7 Å². The number of hydrogen-bond donors (Lipinski definition) is 0. The molecule has 0 nitrogen and oxygen atoms in total. The molecule has 0 radical (unpaired) electrons. The van der Waals surface area contributed by atoms with Gasteiger partial charge in [0.1, 0.15) is 0 Å². The molecule has 0 N–H and O–H groups in total. The van der Waals surface area contributed by atoms with Crippen LogP contribution in [-0.2, 0) is 0 Å². The van der Waals surface area contributed by atoms with E-state index in [1.54, 1.807) is 0 Å². The second-order valence-corrected chi connectivity index (χ2v) is 4.18. The second-order valence-electron chi connectivity index (χ2n) is 4.18. The fraction of sp³-hybridized carbons (Fsp3) is 0.750. The molecule has 0 unspecified atom stereocenters. The summed E-state index contributed by atoms with van der Waals surface area (Å²) in [7, 11) is 0. The molecule has 0 aromatic rings. The lowest BCUT2D eigenvalue weighted by atomic mass is 10.1. The normalized spacial score (nSPS) is 8.88. The Morgan fingerprint density at radius 3 is 1.12 bits per heavy atom. The van der Waals surface area contributed by atoms with Gasteiger partial charge in [-0.15, -0.1) is 23.7 Å². The number of unbranched alkanes of at least 4 members (excludes halogenated alkanes) is 9. The van der Waals surface area contributed by atoms with Gasteiger partial charge in [0.15, 0.2) is 0 Å². The zero-order valence-corrected chi connectivity index (χ0v) is 11.1. The molecular formula is C16H26. The first-order valence-corrected chi connectivity index (χ1v) is 6.71. The topological polar surface area (TPSA) is 0 Å². The van der Waals surface area contributed by atoms with Crippen LogP contribution in [0.25, 0.3) is 0 Å². The predicted molar refractivity (Wildman–Crippen MR) is 73.1 cm³/mol. The Hall–Kier alpha value is -0.880. The molecule has 0 aliphatic carbocycles. The van der Waals surface area contributed by atoms with Gasteiger partial charge in [0.25, 0.3) is 0 Å². The molecule has 0 aliphatic rings. The third kappa shape index (κ3) is 13.1. The van der Waals surface area contributed by atoms with Crippen molar-refractivity contribution in [2.45, 2.75) is 78.1 Å². The van der Waals surface area contributed by atoms with Crippen molar-refractivity contribution < 1.29 is 0 Å². The van der Waals surface area contributed by atoms with E-state index in [1.807, 2.05) is 13.8 Å². The summed E-state index contributed by atoms with van der Waals surface area (Å²) in [5.74, 6) is 12.1. The minimum atomic E-state index is 1.09. The summed E-state index contributed by atoms with van der Waals surface area (Å²) < 4.78 is 0. The van der Waals surface area contributed by atoms with E-state index in [9.17, 15) is 0 Å². The first kappa shape index (κ1) is 15.1. The fourth-order valence-electron chi connectivity index (χ4n) is 1.74. The Bertz CT molecular complexity index is 213. The third-order valence-electron chi connectivity index (χ3n) is 2.71. The van der Waals surface area contributed by atoms with Crippen LogP contribution in [0.15, 0.2) is 0 Å². The van der Waals surface area contributed by atoms with Gasteiger partial charge in [-0.25, -0.2) is 0 Å². The van der Waals surface area contributed by atoms with E-state index in [-0.39, 0.29) is 0 Å². The monoisotopic (exact) mass is 218 g/mol. The van der Waals surface area contributed by atoms with Crippen molar-refractivity contribution in [2.75, 3.05) is 0 Å². The molecule has 16 heavy (non-hydrogen) atoms. The molecule has 0 heteroatoms. The average Bonchev–Trinajstić information content (AvgIpc) is 2.31. The third-order valence-corrected chi connectivity index (χ3v) is 2.71. The Balaban J connectivity index is 2.96. The van der Waals surface area contributed by atoms with Crippen LogP contribution in [0.3, 0.4) is 0 Å². The van der Waals surface area contributed by atoms with Gasteiger partial charge in [0.05, 0.1) is 0 Å². The van der Waals surface area contributed by atoms with Crippen molar-refractivity contribution in [3.05, 3.63) is 0 Å². The number of rotatable bonds is 9. The second kappa shape index (κ2) is 14.1. The molecule has 0 aromatic heterocycles. The molecule has 0 fully saturated rings. The molecule has 0 atom stereocenters. The SMILES string of the molecule is CC#CCCCCCCCCCCC#CC. The van der Waals surface area contributed by atoms with E-state index in [2.05, 4.69) is 23.7 Å². The minimum Gasteiger partial charge on any atom is -0.107 e. The Morgan fingerprint density at radius 1 is 0.500 bits per heavy atom. The van der Waals surface area contributed by atoms with Crippen molar-refractivity contribution in [3.63, 3.8) is 0 Å². The predicted octanol–water partition coefficient (Wildman–Crippen LogP) is 4.93. The fourth-order valence-corrected chi connectivity index (χ4v) is 1.74. The Labute approximate surface area is 102 Å². The molecule has 0 aliphatic heterocycles. The maximum atomic E-state index is 3.12. The molecule has 0 aromatic carbocycles. The van der Waals surface area contributed by atoms with E-state index >= 15 is 0 Å². The van der Waals surface area contributed by atoms with E-state index < -0.39 is 0 Å². The van der Waals surface area contributed by atoms with Crippen LogP contribution in [0.4, 0.5) is 0 Å². The molecule has 0 saturated heterocycles. The maximum absolute atomic E-state index is 3.12. The van der Waals surface area contributed by atoms with Crippen molar-refractivity contribution in [2.24, 2.45) is 0 Å². The Morgan fingerprint density at radius 2 is 0.812 bits per heavy atom. The highest BCUT2D eigenvalue weighted by atomic mass is 14.0. The summed E-state index contributed by atoms with van der Waals surface area (Å²) in [5, 5.41) is 0. The number of hydrogen-bond acceptors (Lipinski definition) is 0. The van der Waals surface area contributed by atoms with E-state index in [0.717, 1.165) is 12.8 Å². The smallest absolute Gasteiger partial charge is 0.00885 e. The minimum absolute atomic E-state index is 1.09. The molecule has 0 bridgehead atoms. The van der Waals surface area contributed by atoms with Gasteiger partial charge in [0, 0.05) is 12.8 Å². The molecule has 90 valence electrons. The molecule has 0 heterocycles. The highest BCUT2D eigenvalue weighted by Crippen LogP contribution is 2.10. The molecule has 0 amide bonds. The summed E-state index contributed by atoms with van der Waals surface area (Å²) in [6, 6.07) is 0. The lowest BCUT2D eigenvalue weighted by Crippen LogP contribution is -1.81. The average molecular weight is 218 g/mol. The zero-order chi connectivity index (χ0) is 11.9. The molecular weight excluding hydrogens is 192 g/mol. The standard InChI is InChI=1S/C16H26/c1-3-5-7-9-11-13-15-16-14-12-10-8-6-4-2/h7-16H2,1-2H3. The van der Waals surface area contributed by atoms with E-state index in [1.165, 1.54) is 51.4 Å². The van der Waals surface area contributed by atoms with Crippen molar-refractivity contribution in [3.8, 4) is 23.7 Å². The van der Waals surface area contributed by atoms with E-state index in [4.69, 9.17) is 0 Å². The van der Waals surface area contributed by atoms with Crippen LogP contribution < -0.4 is 0 Å². The van der Waals surface area contributed by atoms with Gasteiger partial charge in [-0.3, -0.25) is 0 Å². The summed E-state index contributed by atoms with van der Waals surface area (Å²) >= 11 is 0. The van der Waals surface area contributed by atoms with Crippen LogP contribution in [0.2, 0.25) is 0 Å². The summed E-state index contributed by atoms with van der Waals surface area (Å²) in [5.41, 5.74) is 0. The maximum Gasteiger partial charge on any atom is 0.00885 e.